The van der Waals surface area contributed by atoms with Crippen LogP contribution >= 0.6 is 0 Å². The molecule has 0 spiro atoms. The second-order valence-electron chi connectivity index (χ2n) is 20.6. The number of rotatable bonds is 56. The van der Waals surface area contributed by atoms with E-state index in [-0.39, 0.29) is 31.1 Å². The lowest BCUT2D eigenvalue weighted by Gasteiger charge is -2.18. The van der Waals surface area contributed by atoms with Gasteiger partial charge in [-0.3, -0.25) is 14.4 Å². The van der Waals surface area contributed by atoms with Crippen molar-refractivity contribution in [1.29, 1.82) is 0 Å². The number of hydrogen-bond acceptors (Lipinski definition) is 6. The molecule has 0 amide bonds. The van der Waals surface area contributed by atoms with Gasteiger partial charge in [-0.05, 0) is 77.0 Å². The molecule has 0 bridgehead atoms. The summed E-state index contributed by atoms with van der Waals surface area (Å²) in [7, 11) is 0. The monoisotopic (exact) mass is 981 g/mol. The molecule has 6 heteroatoms. The first-order valence-corrected chi connectivity index (χ1v) is 30.6. The van der Waals surface area contributed by atoms with Gasteiger partial charge in [0.15, 0.2) is 6.10 Å². The quantitative estimate of drug-likeness (QED) is 0.0261. The van der Waals surface area contributed by atoms with Crippen LogP contribution in [-0.2, 0) is 28.6 Å². The minimum Gasteiger partial charge on any atom is -0.462 e. The molecule has 0 aromatic rings. The zero-order chi connectivity index (χ0) is 50.7. The van der Waals surface area contributed by atoms with Crippen LogP contribution in [0.2, 0.25) is 0 Å². The van der Waals surface area contributed by atoms with E-state index < -0.39 is 6.10 Å². The molecule has 0 saturated heterocycles. The minimum absolute atomic E-state index is 0.0804. The van der Waals surface area contributed by atoms with Gasteiger partial charge in [-0.1, -0.05) is 275 Å². The SMILES string of the molecule is CC/C=C\C/C=C\C/C=C\CCCCCC(=O)OCC(COC(=O)CCCCCCCCCCC/C=C\CCCCCCCCCC)OC(=O)CCCCCCCCCCCCCCCCCCCC. The van der Waals surface area contributed by atoms with Crippen molar-refractivity contribution in [3.8, 4) is 0 Å². The summed E-state index contributed by atoms with van der Waals surface area (Å²) in [6.07, 6.45) is 72.6. The first kappa shape index (κ1) is 67.4. The van der Waals surface area contributed by atoms with Crippen molar-refractivity contribution in [3.05, 3.63) is 48.6 Å². The van der Waals surface area contributed by atoms with Gasteiger partial charge >= 0.3 is 17.9 Å². The Hall–Kier alpha value is -2.63. The fourth-order valence-corrected chi connectivity index (χ4v) is 8.98. The normalized spacial score (nSPS) is 12.3. The number of carbonyl (C=O) groups excluding carboxylic acids is 3. The van der Waals surface area contributed by atoms with Crippen LogP contribution in [0.1, 0.15) is 323 Å². The largest absolute Gasteiger partial charge is 0.462 e. The van der Waals surface area contributed by atoms with Gasteiger partial charge in [0.2, 0.25) is 0 Å². The predicted octanol–water partition coefficient (Wildman–Crippen LogP) is 20.6. The Labute approximate surface area is 435 Å². The van der Waals surface area contributed by atoms with Crippen LogP contribution in [-0.4, -0.2) is 37.2 Å². The second kappa shape index (κ2) is 58.9. The van der Waals surface area contributed by atoms with Gasteiger partial charge in [-0.2, -0.15) is 0 Å². The maximum Gasteiger partial charge on any atom is 0.306 e. The van der Waals surface area contributed by atoms with Gasteiger partial charge in [0.1, 0.15) is 13.2 Å². The van der Waals surface area contributed by atoms with Crippen LogP contribution in [0.4, 0.5) is 0 Å². The van der Waals surface area contributed by atoms with Crippen molar-refractivity contribution in [2.75, 3.05) is 13.2 Å². The summed E-state index contributed by atoms with van der Waals surface area (Å²) < 4.78 is 16.9. The summed E-state index contributed by atoms with van der Waals surface area (Å²) in [5.74, 6) is -0.894. The van der Waals surface area contributed by atoms with E-state index in [4.69, 9.17) is 14.2 Å². The molecule has 0 heterocycles. The molecule has 0 radical (unpaired) electrons. The fourth-order valence-electron chi connectivity index (χ4n) is 8.98. The topological polar surface area (TPSA) is 78.9 Å². The van der Waals surface area contributed by atoms with Crippen LogP contribution in [0.3, 0.4) is 0 Å². The van der Waals surface area contributed by atoms with Crippen molar-refractivity contribution in [1.82, 2.24) is 0 Å². The van der Waals surface area contributed by atoms with Crippen molar-refractivity contribution in [3.63, 3.8) is 0 Å². The average molecular weight is 982 g/mol. The van der Waals surface area contributed by atoms with Gasteiger partial charge in [0.25, 0.3) is 0 Å². The number of hydrogen-bond donors (Lipinski definition) is 0. The number of allylic oxidation sites excluding steroid dienone is 8. The second-order valence-corrected chi connectivity index (χ2v) is 20.6. The van der Waals surface area contributed by atoms with E-state index in [0.29, 0.717) is 19.3 Å². The van der Waals surface area contributed by atoms with Gasteiger partial charge in [-0.15, -0.1) is 0 Å². The lowest BCUT2D eigenvalue weighted by Crippen LogP contribution is -2.30. The molecule has 0 aliphatic rings. The summed E-state index contributed by atoms with van der Waals surface area (Å²) in [5, 5.41) is 0. The van der Waals surface area contributed by atoms with E-state index in [2.05, 4.69) is 69.4 Å². The van der Waals surface area contributed by atoms with E-state index in [1.807, 2.05) is 0 Å². The molecule has 408 valence electrons. The average Bonchev–Trinajstić information content (AvgIpc) is 3.36. The Kier molecular flexibility index (Phi) is 56.7. The highest BCUT2D eigenvalue weighted by Gasteiger charge is 2.19. The van der Waals surface area contributed by atoms with E-state index >= 15 is 0 Å². The molecule has 1 unspecified atom stereocenters. The van der Waals surface area contributed by atoms with Crippen molar-refractivity contribution in [2.45, 2.75) is 329 Å². The Morgan fingerprint density at radius 1 is 0.300 bits per heavy atom. The Morgan fingerprint density at radius 2 is 0.557 bits per heavy atom. The maximum absolute atomic E-state index is 12.9. The summed E-state index contributed by atoms with van der Waals surface area (Å²) in [6, 6.07) is 0. The highest BCUT2D eigenvalue weighted by molar-refractivity contribution is 5.71. The van der Waals surface area contributed by atoms with Crippen molar-refractivity contribution in [2.24, 2.45) is 0 Å². The Balaban J connectivity index is 4.32. The zero-order valence-electron chi connectivity index (χ0n) is 46.8. The minimum atomic E-state index is -0.784. The predicted molar refractivity (Wildman–Crippen MR) is 302 cm³/mol. The molecule has 0 aliphatic heterocycles. The smallest absolute Gasteiger partial charge is 0.306 e. The third kappa shape index (κ3) is 56.3. The molecule has 0 fully saturated rings. The third-order valence-corrected chi connectivity index (χ3v) is 13.6. The van der Waals surface area contributed by atoms with Crippen molar-refractivity contribution >= 4 is 17.9 Å². The fraction of sp³-hybridized carbons (Fsp3) is 0.828. The molecule has 0 N–H and O–H groups in total. The lowest BCUT2D eigenvalue weighted by atomic mass is 10.0. The van der Waals surface area contributed by atoms with Crippen LogP contribution in [0.15, 0.2) is 48.6 Å². The number of ether oxygens (including phenoxy) is 3. The summed E-state index contributed by atoms with van der Waals surface area (Å²) in [6.45, 7) is 6.55. The zero-order valence-corrected chi connectivity index (χ0v) is 46.8. The first-order chi connectivity index (χ1) is 34.5. The summed E-state index contributed by atoms with van der Waals surface area (Å²) >= 11 is 0. The number of unbranched alkanes of at least 4 members (excludes halogenated alkanes) is 37. The number of esters is 3. The first-order valence-electron chi connectivity index (χ1n) is 30.6. The van der Waals surface area contributed by atoms with Gasteiger partial charge in [0, 0.05) is 19.3 Å². The Morgan fingerprint density at radius 3 is 0.900 bits per heavy atom. The van der Waals surface area contributed by atoms with Crippen LogP contribution < -0.4 is 0 Å². The number of carbonyl (C=O) groups is 3. The standard InChI is InChI=1S/C64H116O6/c1-4-7-10-13-16-19-22-25-27-29-31-32-33-35-36-39-42-45-48-51-54-57-63(66)69-60-61(59-68-62(65)56-53-50-47-44-41-38-24-21-18-15-12-9-6-3)70-64(67)58-55-52-49-46-43-40-37-34-30-28-26-23-20-17-14-11-8-5-2/h9,12,18,21,29,31,38,41,61H,4-8,10-11,13-17,19-20,22-28,30,32-37,39-40,42-60H2,1-3H3/b12-9-,21-18-,31-29-,41-38-. The van der Waals surface area contributed by atoms with E-state index in [9.17, 15) is 14.4 Å². The molecule has 1 atom stereocenters. The third-order valence-electron chi connectivity index (χ3n) is 13.6. The van der Waals surface area contributed by atoms with Gasteiger partial charge in [-0.25, -0.2) is 0 Å². The molecule has 0 aromatic heterocycles. The summed E-state index contributed by atoms with van der Waals surface area (Å²) in [5.41, 5.74) is 0. The lowest BCUT2D eigenvalue weighted by molar-refractivity contribution is -0.167. The molecule has 70 heavy (non-hydrogen) atoms. The molecular weight excluding hydrogens is 865 g/mol. The van der Waals surface area contributed by atoms with Gasteiger partial charge in [0.05, 0.1) is 0 Å². The van der Waals surface area contributed by atoms with Crippen LogP contribution in [0.25, 0.3) is 0 Å². The molecule has 0 aromatic carbocycles. The van der Waals surface area contributed by atoms with E-state index in [1.54, 1.807) is 0 Å². The van der Waals surface area contributed by atoms with Crippen LogP contribution in [0, 0.1) is 0 Å². The van der Waals surface area contributed by atoms with E-state index in [0.717, 1.165) is 83.5 Å². The van der Waals surface area contributed by atoms with Crippen LogP contribution in [0.5, 0.6) is 0 Å². The highest BCUT2D eigenvalue weighted by Crippen LogP contribution is 2.17. The Bertz CT molecular complexity index is 1220. The molecule has 0 saturated carbocycles. The molecular formula is C64H116O6. The maximum atomic E-state index is 12.9. The van der Waals surface area contributed by atoms with Gasteiger partial charge < -0.3 is 14.2 Å². The molecule has 6 nitrogen and oxygen atoms in total. The molecule has 0 rings (SSSR count). The van der Waals surface area contributed by atoms with Crippen molar-refractivity contribution < 1.29 is 28.6 Å². The highest BCUT2D eigenvalue weighted by atomic mass is 16.6. The summed E-state index contributed by atoms with van der Waals surface area (Å²) in [4.78, 5) is 38.2. The van der Waals surface area contributed by atoms with E-state index in [1.165, 1.54) is 199 Å². The molecule has 0 aliphatic carbocycles.